The quantitative estimate of drug-likeness (QED) is 0.463. The summed E-state index contributed by atoms with van der Waals surface area (Å²) in [4.78, 5) is -0.637. The molecule has 3 heteroatoms. The van der Waals surface area contributed by atoms with E-state index in [2.05, 4.69) is 34.6 Å². The molecule has 0 aliphatic heterocycles. The van der Waals surface area contributed by atoms with E-state index in [1.165, 1.54) is 44.9 Å². The fourth-order valence-electron chi connectivity index (χ4n) is 9.24. The summed E-state index contributed by atoms with van der Waals surface area (Å²) in [5.41, 5.74) is 0.396. The van der Waals surface area contributed by atoms with Gasteiger partial charge in [-0.15, -0.1) is 11.6 Å². The predicted molar refractivity (Wildman–Crippen MR) is 126 cm³/mol. The van der Waals surface area contributed by atoms with Gasteiger partial charge in [0, 0.05) is 0 Å². The van der Waals surface area contributed by atoms with Gasteiger partial charge in [0.2, 0.25) is 0 Å². The van der Waals surface area contributed by atoms with E-state index in [1.54, 1.807) is 0 Å². The topological polar surface area (TPSA) is 40.5 Å². The Labute approximate surface area is 190 Å². The Balaban J connectivity index is 1.53. The van der Waals surface area contributed by atoms with E-state index in [0.717, 1.165) is 42.9 Å². The summed E-state index contributed by atoms with van der Waals surface area (Å²) < 4.78 is 0. The van der Waals surface area contributed by atoms with Gasteiger partial charge >= 0.3 is 0 Å². The van der Waals surface area contributed by atoms with Crippen molar-refractivity contribution in [3.63, 3.8) is 0 Å². The molecule has 0 radical (unpaired) electrons. The highest BCUT2D eigenvalue weighted by Crippen LogP contribution is 2.70. The second-order valence-corrected chi connectivity index (χ2v) is 13.5. The molecular weight excluding hydrogens is 392 g/mol. The summed E-state index contributed by atoms with van der Waals surface area (Å²) in [5.74, 6) is 4.44. The van der Waals surface area contributed by atoms with Crippen molar-refractivity contribution >= 4 is 11.6 Å². The maximum absolute atomic E-state index is 11.3. The van der Waals surface area contributed by atoms with Crippen molar-refractivity contribution in [3.8, 4) is 0 Å². The Morgan fingerprint density at radius 3 is 2.37 bits per heavy atom. The molecular formula is C27H47ClO2. The number of hydrogen-bond donors (Lipinski definition) is 2. The zero-order chi connectivity index (χ0) is 21.9. The molecule has 4 aliphatic carbocycles. The fourth-order valence-corrected chi connectivity index (χ4v) is 9.74. The lowest BCUT2D eigenvalue weighted by atomic mass is 9.43. The molecule has 4 rings (SSSR count). The number of alkyl halides is 1. The van der Waals surface area contributed by atoms with E-state index in [0.29, 0.717) is 23.7 Å². The first-order valence-corrected chi connectivity index (χ1v) is 13.5. The number of aliphatic hydroxyl groups excluding tert-OH is 2. The second-order valence-electron chi connectivity index (χ2n) is 12.8. The van der Waals surface area contributed by atoms with Gasteiger partial charge in [0.05, 0.1) is 17.1 Å². The van der Waals surface area contributed by atoms with E-state index >= 15 is 0 Å². The summed E-state index contributed by atoms with van der Waals surface area (Å²) in [5, 5.41) is 21.6. The first-order valence-electron chi connectivity index (χ1n) is 13.1. The molecule has 0 bridgehead atoms. The number of fused-ring (bicyclic) bond motifs is 5. The lowest BCUT2D eigenvalue weighted by molar-refractivity contribution is -0.159. The van der Waals surface area contributed by atoms with Crippen LogP contribution >= 0.6 is 11.6 Å². The van der Waals surface area contributed by atoms with E-state index < -0.39 is 11.0 Å². The minimum absolute atomic E-state index is 0.0432. The normalized spacial score (nSPS) is 51.9. The van der Waals surface area contributed by atoms with Crippen molar-refractivity contribution in [2.24, 2.45) is 46.3 Å². The van der Waals surface area contributed by atoms with Crippen LogP contribution in [-0.4, -0.2) is 27.3 Å². The molecule has 30 heavy (non-hydrogen) atoms. The van der Waals surface area contributed by atoms with Crippen molar-refractivity contribution < 1.29 is 10.2 Å². The molecule has 4 aliphatic rings. The highest BCUT2D eigenvalue weighted by molar-refractivity contribution is 6.25. The Hall–Kier alpha value is 0.210. The molecule has 0 aromatic carbocycles. The highest BCUT2D eigenvalue weighted by Gasteiger charge is 2.67. The van der Waals surface area contributed by atoms with Crippen LogP contribution in [0.5, 0.6) is 0 Å². The smallest absolute Gasteiger partial charge is 0.0785 e. The van der Waals surface area contributed by atoms with Crippen LogP contribution in [-0.2, 0) is 0 Å². The molecule has 0 aromatic rings. The summed E-state index contributed by atoms with van der Waals surface area (Å²) >= 11 is 7.21. The van der Waals surface area contributed by atoms with E-state index in [4.69, 9.17) is 11.6 Å². The molecule has 4 saturated carbocycles. The summed E-state index contributed by atoms with van der Waals surface area (Å²) in [6.07, 6.45) is 11.8. The molecule has 0 unspecified atom stereocenters. The molecule has 0 spiro atoms. The van der Waals surface area contributed by atoms with Gasteiger partial charge in [-0.3, -0.25) is 0 Å². The van der Waals surface area contributed by atoms with E-state index in [9.17, 15) is 10.2 Å². The summed E-state index contributed by atoms with van der Waals surface area (Å²) in [7, 11) is 0. The standard InChI is InChI=1S/C27H47ClO2/c1-17(2)7-6-8-18(3)21-9-10-22-20-15-24(30)27(28)16-19(29)11-14-26(27,5)23(20)12-13-25(21,22)4/h17-24,29-30H,6-16H2,1-5H3/t18-,19+,20+,21-,22+,23+,24-,25-,26-,27+/m1/s1. The zero-order valence-electron chi connectivity index (χ0n) is 20.2. The molecule has 4 fully saturated rings. The largest absolute Gasteiger partial charge is 0.393 e. The van der Waals surface area contributed by atoms with E-state index in [1.807, 2.05) is 0 Å². The predicted octanol–water partition coefficient (Wildman–Crippen LogP) is 6.80. The summed E-state index contributed by atoms with van der Waals surface area (Å²) in [6, 6.07) is 0. The number of hydrogen-bond acceptors (Lipinski definition) is 2. The number of aliphatic hydroxyl groups is 2. The minimum Gasteiger partial charge on any atom is -0.393 e. The van der Waals surface area contributed by atoms with Gasteiger partial charge in [0.15, 0.2) is 0 Å². The van der Waals surface area contributed by atoms with Gasteiger partial charge in [0.1, 0.15) is 0 Å². The molecule has 0 heterocycles. The van der Waals surface area contributed by atoms with Crippen LogP contribution in [0.2, 0.25) is 0 Å². The third kappa shape index (κ3) is 3.50. The van der Waals surface area contributed by atoms with Crippen molar-refractivity contribution in [2.45, 2.75) is 122 Å². The monoisotopic (exact) mass is 438 g/mol. The van der Waals surface area contributed by atoms with Crippen LogP contribution in [0.4, 0.5) is 0 Å². The molecule has 0 saturated heterocycles. The van der Waals surface area contributed by atoms with Crippen LogP contribution < -0.4 is 0 Å². The van der Waals surface area contributed by atoms with Crippen LogP contribution in [0.3, 0.4) is 0 Å². The van der Waals surface area contributed by atoms with Gasteiger partial charge in [-0.1, -0.05) is 53.9 Å². The highest BCUT2D eigenvalue weighted by atomic mass is 35.5. The number of rotatable bonds is 5. The van der Waals surface area contributed by atoms with Gasteiger partial charge in [-0.2, -0.15) is 0 Å². The molecule has 10 atom stereocenters. The van der Waals surface area contributed by atoms with Crippen molar-refractivity contribution in [1.29, 1.82) is 0 Å². The zero-order valence-corrected chi connectivity index (χ0v) is 20.9. The third-order valence-electron chi connectivity index (χ3n) is 11.0. The molecule has 2 nitrogen and oxygen atoms in total. The van der Waals surface area contributed by atoms with Gasteiger partial charge in [-0.25, -0.2) is 0 Å². The second kappa shape index (κ2) is 8.21. The Morgan fingerprint density at radius 1 is 0.933 bits per heavy atom. The van der Waals surface area contributed by atoms with Crippen molar-refractivity contribution in [1.82, 2.24) is 0 Å². The Bertz CT molecular complexity index is 622. The van der Waals surface area contributed by atoms with E-state index in [-0.39, 0.29) is 11.5 Å². The van der Waals surface area contributed by atoms with Gasteiger partial charge < -0.3 is 10.2 Å². The average Bonchev–Trinajstić information content (AvgIpc) is 3.01. The van der Waals surface area contributed by atoms with Crippen LogP contribution in [0.15, 0.2) is 0 Å². The molecule has 174 valence electrons. The Morgan fingerprint density at radius 2 is 1.67 bits per heavy atom. The SMILES string of the molecule is CC(C)CCC[C@@H](C)[C@H]1CC[C@H]2[C@@H]3C[C@@H](O)[C@@]4(Cl)C[C@@H](O)CC[C@]4(C)[C@H]3CC[C@]12C. The van der Waals surface area contributed by atoms with Crippen LogP contribution in [0.1, 0.15) is 105 Å². The van der Waals surface area contributed by atoms with Gasteiger partial charge in [-0.05, 0) is 97.7 Å². The fraction of sp³-hybridized carbons (Fsp3) is 1.00. The molecule has 0 amide bonds. The first kappa shape index (κ1) is 23.4. The lowest BCUT2D eigenvalue weighted by Crippen LogP contribution is -2.66. The van der Waals surface area contributed by atoms with Crippen LogP contribution in [0.25, 0.3) is 0 Å². The molecule has 2 N–H and O–H groups in total. The third-order valence-corrected chi connectivity index (χ3v) is 11.8. The summed E-state index contributed by atoms with van der Waals surface area (Å²) in [6.45, 7) is 12.2. The Kier molecular flexibility index (Phi) is 6.40. The molecule has 0 aromatic heterocycles. The lowest BCUT2D eigenvalue weighted by Gasteiger charge is -2.65. The van der Waals surface area contributed by atoms with Crippen molar-refractivity contribution in [3.05, 3.63) is 0 Å². The first-order chi connectivity index (χ1) is 14.0. The minimum atomic E-state index is -0.637. The maximum Gasteiger partial charge on any atom is 0.0785 e. The van der Waals surface area contributed by atoms with Gasteiger partial charge in [0.25, 0.3) is 0 Å². The maximum atomic E-state index is 11.3. The van der Waals surface area contributed by atoms with Crippen LogP contribution in [0, 0.1) is 46.3 Å². The van der Waals surface area contributed by atoms with Crippen molar-refractivity contribution in [2.75, 3.05) is 0 Å². The average molecular weight is 439 g/mol. The number of halogens is 1.